The van der Waals surface area contributed by atoms with Crippen LogP contribution >= 0.6 is 0 Å². The highest BCUT2D eigenvalue weighted by Gasteiger charge is 2.29. The average molecular weight is 355 g/mol. The maximum absolute atomic E-state index is 12.9. The second-order valence-corrected chi connectivity index (χ2v) is 6.43. The molecule has 1 aliphatic carbocycles. The SMILES string of the molecule is COc1ccc(CC(=O)N(C)C2CCc3ccccc32)c(OC)c1OC. The number of methoxy groups -OCH3 is 3. The van der Waals surface area contributed by atoms with E-state index in [1.807, 2.05) is 24.1 Å². The number of amides is 1. The molecule has 2 aromatic rings. The van der Waals surface area contributed by atoms with Gasteiger partial charge in [-0.15, -0.1) is 0 Å². The standard InChI is InChI=1S/C21H25NO4/c1-22(17-11-9-14-7-5-6-8-16(14)17)19(23)13-15-10-12-18(24-2)21(26-4)20(15)25-3/h5-8,10,12,17H,9,11,13H2,1-4H3. The van der Waals surface area contributed by atoms with E-state index in [0.29, 0.717) is 17.2 Å². The molecular formula is C21H25NO4. The number of carbonyl (C=O) groups is 1. The van der Waals surface area contributed by atoms with Crippen molar-refractivity contribution in [2.75, 3.05) is 28.4 Å². The van der Waals surface area contributed by atoms with E-state index in [1.54, 1.807) is 27.4 Å². The number of fused-ring (bicyclic) bond motifs is 1. The minimum Gasteiger partial charge on any atom is -0.493 e. The number of likely N-dealkylation sites (N-methyl/N-ethyl adjacent to an activating group) is 1. The van der Waals surface area contributed by atoms with Gasteiger partial charge in [-0.1, -0.05) is 30.3 Å². The van der Waals surface area contributed by atoms with E-state index in [4.69, 9.17) is 14.2 Å². The van der Waals surface area contributed by atoms with Gasteiger partial charge in [0.25, 0.3) is 0 Å². The van der Waals surface area contributed by atoms with E-state index >= 15 is 0 Å². The number of rotatable bonds is 6. The second-order valence-electron chi connectivity index (χ2n) is 6.43. The molecule has 26 heavy (non-hydrogen) atoms. The maximum atomic E-state index is 12.9. The second kappa shape index (κ2) is 7.68. The van der Waals surface area contributed by atoms with Gasteiger partial charge >= 0.3 is 0 Å². The molecule has 1 unspecified atom stereocenters. The summed E-state index contributed by atoms with van der Waals surface area (Å²) in [4.78, 5) is 14.8. The van der Waals surface area contributed by atoms with Crippen molar-refractivity contribution in [1.82, 2.24) is 4.90 Å². The van der Waals surface area contributed by atoms with Crippen molar-refractivity contribution in [3.8, 4) is 17.2 Å². The summed E-state index contributed by atoms with van der Waals surface area (Å²) >= 11 is 0. The molecule has 138 valence electrons. The Hall–Kier alpha value is -2.69. The van der Waals surface area contributed by atoms with Crippen molar-refractivity contribution in [2.24, 2.45) is 0 Å². The summed E-state index contributed by atoms with van der Waals surface area (Å²) in [7, 11) is 6.59. The Morgan fingerprint density at radius 2 is 1.77 bits per heavy atom. The van der Waals surface area contributed by atoms with Crippen molar-refractivity contribution in [2.45, 2.75) is 25.3 Å². The summed E-state index contributed by atoms with van der Waals surface area (Å²) in [5.41, 5.74) is 3.37. The highest BCUT2D eigenvalue weighted by Crippen LogP contribution is 2.40. The Balaban J connectivity index is 1.82. The van der Waals surface area contributed by atoms with E-state index < -0.39 is 0 Å². The topological polar surface area (TPSA) is 48.0 Å². The number of benzene rings is 2. The molecule has 0 saturated heterocycles. The van der Waals surface area contributed by atoms with Crippen LogP contribution in [0.3, 0.4) is 0 Å². The molecule has 1 aliphatic rings. The molecule has 5 nitrogen and oxygen atoms in total. The Morgan fingerprint density at radius 3 is 2.46 bits per heavy atom. The Morgan fingerprint density at radius 1 is 1.04 bits per heavy atom. The third kappa shape index (κ3) is 3.21. The molecule has 0 aromatic heterocycles. The molecule has 0 radical (unpaired) electrons. The van der Waals surface area contributed by atoms with Crippen molar-refractivity contribution in [1.29, 1.82) is 0 Å². The first kappa shape index (κ1) is 18.1. The quantitative estimate of drug-likeness (QED) is 0.797. The monoisotopic (exact) mass is 355 g/mol. The number of nitrogens with zero attached hydrogens (tertiary/aromatic N) is 1. The van der Waals surface area contributed by atoms with Gasteiger partial charge in [0.05, 0.1) is 33.8 Å². The number of carbonyl (C=O) groups excluding carboxylic acids is 1. The highest BCUT2D eigenvalue weighted by molar-refractivity contribution is 5.80. The lowest BCUT2D eigenvalue weighted by Crippen LogP contribution is -2.31. The molecule has 3 rings (SSSR count). The zero-order valence-electron chi connectivity index (χ0n) is 15.7. The fraction of sp³-hybridized carbons (Fsp3) is 0.381. The van der Waals surface area contributed by atoms with Crippen LogP contribution in [-0.2, 0) is 17.6 Å². The van der Waals surface area contributed by atoms with E-state index in [0.717, 1.165) is 18.4 Å². The van der Waals surface area contributed by atoms with Crippen LogP contribution in [0.25, 0.3) is 0 Å². The van der Waals surface area contributed by atoms with Crippen molar-refractivity contribution in [3.05, 3.63) is 53.1 Å². The summed E-state index contributed by atoms with van der Waals surface area (Å²) in [5.74, 6) is 1.69. The highest BCUT2D eigenvalue weighted by atomic mass is 16.5. The van der Waals surface area contributed by atoms with Gasteiger partial charge in [-0.25, -0.2) is 0 Å². The number of ether oxygens (including phenoxy) is 3. The Bertz CT molecular complexity index is 803. The fourth-order valence-corrected chi connectivity index (χ4v) is 3.70. The van der Waals surface area contributed by atoms with Crippen molar-refractivity contribution in [3.63, 3.8) is 0 Å². The molecule has 2 aromatic carbocycles. The largest absolute Gasteiger partial charge is 0.493 e. The van der Waals surface area contributed by atoms with Crippen LogP contribution in [0.4, 0.5) is 0 Å². The van der Waals surface area contributed by atoms with Crippen molar-refractivity contribution < 1.29 is 19.0 Å². The molecule has 0 aliphatic heterocycles. The molecular weight excluding hydrogens is 330 g/mol. The lowest BCUT2D eigenvalue weighted by atomic mass is 10.0. The van der Waals surface area contributed by atoms with Gasteiger partial charge in [0.15, 0.2) is 11.5 Å². The summed E-state index contributed by atoms with van der Waals surface area (Å²) in [6.45, 7) is 0. The molecule has 0 heterocycles. The first-order chi connectivity index (χ1) is 12.6. The van der Waals surface area contributed by atoms with Gasteiger partial charge in [0, 0.05) is 12.6 Å². The minimum absolute atomic E-state index is 0.0530. The van der Waals surface area contributed by atoms with Gasteiger partial charge < -0.3 is 19.1 Å². The minimum atomic E-state index is 0.0530. The molecule has 0 N–H and O–H groups in total. The predicted octanol–water partition coefficient (Wildman–Crippen LogP) is 3.40. The molecule has 0 spiro atoms. The summed E-state index contributed by atoms with van der Waals surface area (Å²) in [5, 5.41) is 0. The molecule has 5 heteroatoms. The zero-order valence-corrected chi connectivity index (χ0v) is 15.7. The zero-order chi connectivity index (χ0) is 18.7. The molecule has 0 saturated carbocycles. The van der Waals surface area contributed by atoms with Gasteiger partial charge in [-0.3, -0.25) is 4.79 Å². The summed E-state index contributed by atoms with van der Waals surface area (Å²) in [6.07, 6.45) is 2.22. The van der Waals surface area contributed by atoms with Crippen LogP contribution in [0.2, 0.25) is 0 Å². The third-order valence-electron chi connectivity index (χ3n) is 5.09. The first-order valence-corrected chi connectivity index (χ1v) is 8.72. The van der Waals surface area contributed by atoms with Crippen molar-refractivity contribution >= 4 is 5.91 Å². The summed E-state index contributed by atoms with van der Waals surface area (Å²) < 4.78 is 16.2. The summed E-state index contributed by atoms with van der Waals surface area (Å²) in [6, 6.07) is 12.1. The average Bonchev–Trinajstić information content (AvgIpc) is 3.10. The smallest absolute Gasteiger partial charge is 0.227 e. The van der Waals surface area contributed by atoms with Crippen LogP contribution in [0, 0.1) is 0 Å². The van der Waals surface area contributed by atoms with E-state index in [9.17, 15) is 4.79 Å². The van der Waals surface area contributed by atoms with Gasteiger partial charge in [0.2, 0.25) is 11.7 Å². The lowest BCUT2D eigenvalue weighted by Gasteiger charge is -2.26. The van der Waals surface area contributed by atoms with Gasteiger partial charge in [-0.05, 0) is 30.0 Å². The van der Waals surface area contributed by atoms with Crippen LogP contribution in [-0.4, -0.2) is 39.2 Å². The number of hydrogen-bond donors (Lipinski definition) is 0. The molecule has 1 amide bonds. The van der Waals surface area contributed by atoms with E-state index in [2.05, 4.69) is 18.2 Å². The lowest BCUT2D eigenvalue weighted by molar-refractivity contribution is -0.131. The maximum Gasteiger partial charge on any atom is 0.227 e. The van der Waals surface area contributed by atoms with Crippen LogP contribution in [0.1, 0.15) is 29.2 Å². The number of aryl methyl sites for hydroxylation is 1. The first-order valence-electron chi connectivity index (χ1n) is 8.72. The van der Waals surface area contributed by atoms with Gasteiger partial charge in [0.1, 0.15) is 0 Å². The van der Waals surface area contributed by atoms with Crippen LogP contribution in [0.5, 0.6) is 17.2 Å². The third-order valence-corrected chi connectivity index (χ3v) is 5.09. The molecule has 1 atom stereocenters. The molecule has 0 fully saturated rings. The van der Waals surface area contributed by atoms with Crippen LogP contribution in [0.15, 0.2) is 36.4 Å². The van der Waals surface area contributed by atoms with E-state index in [1.165, 1.54) is 11.1 Å². The van der Waals surface area contributed by atoms with E-state index in [-0.39, 0.29) is 18.4 Å². The fourth-order valence-electron chi connectivity index (χ4n) is 3.70. The number of hydrogen-bond acceptors (Lipinski definition) is 4. The Labute approximate surface area is 154 Å². The molecule has 0 bridgehead atoms. The van der Waals surface area contributed by atoms with Crippen LogP contribution < -0.4 is 14.2 Å². The van der Waals surface area contributed by atoms with Gasteiger partial charge in [-0.2, -0.15) is 0 Å². The predicted molar refractivity (Wildman–Crippen MR) is 100 cm³/mol. The normalized spacial score (nSPS) is 15.3. The Kier molecular flexibility index (Phi) is 5.35.